The van der Waals surface area contributed by atoms with Crippen LogP contribution in [0.2, 0.25) is 0 Å². The maximum atomic E-state index is 13.8. The molecule has 0 saturated carbocycles. The summed E-state index contributed by atoms with van der Waals surface area (Å²) in [5.74, 6) is -2.41. The second kappa shape index (κ2) is 7.90. The largest absolute Gasteiger partial charge is 0.419 e. The van der Waals surface area contributed by atoms with Crippen LogP contribution in [0.25, 0.3) is 11.6 Å². The Morgan fingerprint density at radius 1 is 1.17 bits per heavy atom. The number of aromatic amines is 1. The Morgan fingerprint density at radius 3 is 2.48 bits per heavy atom. The monoisotopic (exact) mass is 406 g/mol. The fourth-order valence-electron chi connectivity index (χ4n) is 2.70. The van der Waals surface area contributed by atoms with E-state index in [0.29, 0.717) is 6.07 Å². The van der Waals surface area contributed by atoms with E-state index in [1.807, 2.05) is 0 Å². The first-order valence-electron chi connectivity index (χ1n) is 8.43. The van der Waals surface area contributed by atoms with Crippen LogP contribution in [-0.2, 0) is 6.18 Å². The number of nitrogens with zero attached hydrogens (tertiary/aromatic N) is 3. The first-order chi connectivity index (χ1) is 13.6. The van der Waals surface area contributed by atoms with Crippen LogP contribution in [-0.4, -0.2) is 25.7 Å². The molecule has 0 fully saturated rings. The molecule has 2 aromatic heterocycles. The summed E-state index contributed by atoms with van der Waals surface area (Å²) in [6, 6.07) is 5.10. The van der Waals surface area contributed by atoms with Gasteiger partial charge >= 0.3 is 6.18 Å². The molecule has 0 bridgehead atoms. The average Bonchev–Trinajstić information content (AvgIpc) is 2.67. The summed E-state index contributed by atoms with van der Waals surface area (Å²) in [5.41, 5.74) is -1.88. The van der Waals surface area contributed by atoms with Crippen molar-refractivity contribution < 1.29 is 22.4 Å². The van der Waals surface area contributed by atoms with Gasteiger partial charge < -0.3 is 4.98 Å². The Bertz CT molecular complexity index is 1100. The minimum atomic E-state index is -4.80. The molecule has 6 nitrogen and oxygen atoms in total. The molecule has 0 radical (unpaired) electrons. The highest BCUT2D eigenvalue weighted by atomic mass is 19.4. The van der Waals surface area contributed by atoms with Gasteiger partial charge in [0, 0.05) is 24.9 Å². The minimum absolute atomic E-state index is 0.00896. The molecule has 0 aliphatic heterocycles. The standard InChI is InChI=1S/C19H14F4N4O2/c1-10(11-3-4-12(13(20)8-11)19(21,22)23)7-15(28)14-9-16(29)27-18(26-14)17-24-5-2-6-25-17/h2-6,8-10H,7H2,1H3,(H,26,27,29)/t10-/m0/s1. The number of Topliss-reactive ketones (excluding diaryl/α,β-unsaturated/α-hetero) is 1. The number of aromatic nitrogens is 4. The molecule has 3 rings (SSSR count). The van der Waals surface area contributed by atoms with Crippen LogP contribution in [0, 0.1) is 5.82 Å². The molecular weight excluding hydrogens is 392 g/mol. The lowest BCUT2D eigenvalue weighted by atomic mass is 9.93. The summed E-state index contributed by atoms with van der Waals surface area (Å²) in [4.78, 5) is 38.8. The van der Waals surface area contributed by atoms with Gasteiger partial charge in [0.05, 0.1) is 5.56 Å². The van der Waals surface area contributed by atoms with E-state index in [0.717, 1.165) is 18.2 Å². The second-order valence-corrected chi connectivity index (χ2v) is 6.32. The Kier molecular flexibility index (Phi) is 5.53. The van der Waals surface area contributed by atoms with E-state index in [-0.39, 0.29) is 29.3 Å². The van der Waals surface area contributed by atoms with Gasteiger partial charge in [0.1, 0.15) is 11.5 Å². The number of halogens is 4. The van der Waals surface area contributed by atoms with Crippen molar-refractivity contribution in [3.05, 3.63) is 75.7 Å². The molecule has 0 amide bonds. The number of carbonyl (C=O) groups is 1. The van der Waals surface area contributed by atoms with Crippen LogP contribution in [0.3, 0.4) is 0 Å². The number of hydrogen-bond donors (Lipinski definition) is 1. The zero-order valence-electron chi connectivity index (χ0n) is 15.0. The number of nitrogens with one attached hydrogen (secondary N) is 1. The zero-order chi connectivity index (χ0) is 21.2. The number of carbonyl (C=O) groups excluding carboxylic acids is 1. The predicted octanol–water partition coefficient (Wildman–Crippen LogP) is 3.76. The van der Waals surface area contributed by atoms with Crippen LogP contribution in [0.5, 0.6) is 0 Å². The van der Waals surface area contributed by atoms with Crippen molar-refractivity contribution in [2.75, 3.05) is 0 Å². The molecule has 3 aromatic rings. The van der Waals surface area contributed by atoms with Gasteiger partial charge in [0.2, 0.25) is 0 Å². The van der Waals surface area contributed by atoms with Crippen LogP contribution in [0.4, 0.5) is 17.6 Å². The van der Waals surface area contributed by atoms with Gasteiger partial charge in [-0.2, -0.15) is 13.2 Å². The third-order valence-electron chi connectivity index (χ3n) is 4.16. The summed E-state index contributed by atoms with van der Waals surface area (Å²) in [5, 5.41) is 0. The van der Waals surface area contributed by atoms with Crippen molar-refractivity contribution in [2.45, 2.75) is 25.4 Å². The number of ketones is 1. The quantitative estimate of drug-likeness (QED) is 0.515. The summed E-state index contributed by atoms with van der Waals surface area (Å²) in [6.45, 7) is 1.56. The first-order valence-corrected chi connectivity index (χ1v) is 8.43. The lowest BCUT2D eigenvalue weighted by molar-refractivity contribution is -0.140. The molecule has 1 aromatic carbocycles. The molecule has 10 heteroatoms. The van der Waals surface area contributed by atoms with Crippen molar-refractivity contribution in [1.82, 2.24) is 19.9 Å². The third kappa shape index (κ3) is 4.71. The van der Waals surface area contributed by atoms with Crippen molar-refractivity contribution in [3.8, 4) is 11.6 Å². The fraction of sp³-hybridized carbons (Fsp3) is 0.211. The van der Waals surface area contributed by atoms with Gasteiger partial charge in [-0.1, -0.05) is 13.0 Å². The Balaban J connectivity index is 1.83. The maximum absolute atomic E-state index is 13.8. The van der Waals surface area contributed by atoms with Gasteiger partial charge in [-0.15, -0.1) is 0 Å². The molecule has 0 saturated heterocycles. The second-order valence-electron chi connectivity index (χ2n) is 6.32. The summed E-state index contributed by atoms with van der Waals surface area (Å²) in [6.07, 6.45) is -2.10. The van der Waals surface area contributed by atoms with E-state index in [2.05, 4.69) is 19.9 Å². The molecule has 2 heterocycles. The lowest BCUT2D eigenvalue weighted by Crippen LogP contribution is -2.16. The van der Waals surface area contributed by atoms with Crippen LogP contribution >= 0.6 is 0 Å². The van der Waals surface area contributed by atoms with Gasteiger partial charge in [0.25, 0.3) is 5.56 Å². The van der Waals surface area contributed by atoms with Crippen molar-refractivity contribution in [2.24, 2.45) is 0 Å². The van der Waals surface area contributed by atoms with E-state index < -0.39 is 34.8 Å². The maximum Gasteiger partial charge on any atom is 0.419 e. The summed E-state index contributed by atoms with van der Waals surface area (Å²) < 4.78 is 51.8. The first kappa shape index (κ1) is 20.3. The smallest absolute Gasteiger partial charge is 0.304 e. The number of hydrogen-bond acceptors (Lipinski definition) is 5. The van der Waals surface area contributed by atoms with E-state index in [4.69, 9.17) is 0 Å². The van der Waals surface area contributed by atoms with E-state index in [1.54, 1.807) is 13.0 Å². The van der Waals surface area contributed by atoms with Crippen LogP contribution < -0.4 is 5.56 Å². The van der Waals surface area contributed by atoms with Crippen molar-refractivity contribution in [3.63, 3.8) is 0 Å². The van der Waals surface area contributed by atoms with Gasteiger partial charge in [-0.05, 0) is 29.7 Å². The highest BCUT2D eigenvalue weighted by Crippen LogP contribution is 2.33. The summed E-state index contributed by atoms with van der Waals surface area (Å²) in [7, 11) is 0. The lowest BCUT2D eigenvalue weighted by Gasteiger charge is -2.14. The van der Waals surface area contributed by atoms with Gasteiger partial charge in [-0.3, -0.25) is 9.59 Å². The summed E-state index contributed by atoms with van der Waals surface area (Å²) >= 11 is 0. The molecular formula is C19H14F4N4O2. The van der Waals surface area contributed by atoms with E-state index in [1.165, 1.54) is 12.4 Å². The molecule has 0 unspecified atom stereocenters. The average molecular weight is 406 g/mol. The molecule has 29 heavy (non-hydrogen) atoms. The molecule has 1 atom stereocenters. The number of rotatable bonds is 5. The fourth-order valence-corrected chi connectivity index (χ4v) is 2.70. The third-order valence-corrected chi connectivity index (χ3v) is 4.16. The number of benzene rings is 1. The Hall–Kier alpha value is -3.43. The van der Waals surface area contributed by atoms with Crippen molar-refractivity contribution in [1.29, 1.82) is 0 Å². The normalized spacial score (nSPS) is 12.6. The van der Waals surface area contributed by atoms with Crippen LogP contribution in [0.15, 0.2) is 47.5 Å². The number of H-pyrrole nitrogens is 1. The van der Waals surface area contributed by atoms with Gasteiger partial charge in [-0.25, -0.2) is 19.3 Å². The number of alkyl halides is 3. The highest BCUT2D eigenvalue weighted by molar-refractivity contribution is 5.94. The predicted molar refractivity (Wildman–Crippen MR) is 94.6 cm³/mol. The van der Waals surface area contributed by atoms with E-state index in [9.17, 15) is 27.2 Å². The molecule has 0 spiro atoms. The molecule has 0 aliphatic rings. The minimum Gasteiger partial charge on any atom is -0.304 e. The molecule has 1 N–H and O–H groups in total. The van der Waals surface area contributed by atoms with E-state index >= 15 is 0 Å². The highest BCUT2D eigenvalue weighted by Gasteiger charge is 2.34. The molecule has 150 valence electrons. The topological polar surface area (TPSA) is 88.6 Å². The van der Waals surface area contributed by atoms with Crippen molar-refractivity contribution >= 4 is 5.78 Å². The SMILES string of the molecule is C[C@@H](CC(=O)c1cc(=O)[nH]c(-c2ncccn2)n1)c1ccc(C(F)(F)F)c(F)c1. The zero-order valence-corrected chi connectivity index (χ0v) is 15.0. The Morgan fingerprint density at radius 2 is 1.86 bits per heavy atom. The van der Waals surface area contributed by atoms with Crippen LogP contribution in [0.1, 0.15) is 40.9 Å². The molecule has 0 aliphatic carbocycles. The Labute approximate surface area is 161 Å². The van der Waals surface area contributed by atoms with Gasteiger partial charge in [0.15, 0.2) is 17.4 Å².